The Labute approximate surface area is 124 Å². The molecule has 1 saturated carbocycles. The average Bonchev–Trinajstić information content (AvgIpc) is 2.96. The zero-order valence-electron chi connectivity index (χ0n) is 13.4. The maximum Gasteiger partial charge on any atom is 0.0809 e. The Morgan fingerprint density at radius 3 is 2.60 bits per heavy atom. The predicted molar refractivity (Wildman–Crippen MR) is 83.0 cm³/mol. The van der Waals surface area contributed by atoms with E-state index in [0.717, 1.165) is 50.7 Å². The van der Waals surface area contributed by atoms with E-state index in [1.165, 1.54) is 38.5 Å². The summed E-state index contributed by atoms with van der Waals surface area (Å²) in [5.74, 6) is 1.82. The molecule has 0 bridgehead atoms. The van der Waals surface area contributed by atoms with Crippen molar-refractivity contribution < 1.29 is 9.47 Å². The second-order valence-corrected chi connectivity index (χ2v) is 6.87. The van der Waals surface area contributed by atoms with Gasteiger partial charge in [-0.05, 0) is 63.3 Å². The molecule has 0 aromatic heterocycles. The highest BCUT2D eigenvalue weighted by molar-refractivity contribution is 4.78. The fraction of sp³-hybridized carbons (Fsp3) is 1.00. The first-order valence-electron chi connectivity index (χ1n) is 8.68. The Morgan fingerprint density at radius 2 is 1.95 bits per heavy atom. The third-order valence-electron chi connectivity index (χ3n) is 4.94. The lowest BCUT2D eigenvalue weighted by Gasteiger charge is -2.31. The van der Waals surface area contributed by atoms with Crippen LogP contribution in [0.1, 0.15) is 58.8 Å². The number of nitrogens with one attached hydrogen (secondary N) is 1. The average molecular weight is 283 g/mol. The van der Waals surface area contributed by atoms with Gasteiger partial charge < -0.3 is 14.8 Å². The molecule has 1 aliphatic heterocycles. The first-order valence-corrected chi connectivity index (χ1v) is 8.68. The van der Waals surface area contributed by atoms with E-state index < -0.39 is 0 Å². The minimum atomic E-state index is 0.370. The molecule has 1 aliphatic carbocycles. The van der Waals surface area contributed by atoms with Crippen molar-refractivity contribution in [1.29, 1.82) is 0 Å². The molecule has 3 heteroatoms. The van der Waals surface area contributed by atoms with E-state index >= 15 is 0 Å². The van der Waals surface area contributed by atoms with Crippen molar-refractivity contribution in [2.24, 2.45) is 11.8 Å². The highest BCUT2D eigenvalue weighted by Crippen LogP contribution is 2.29. The van der Waals surface area contributed by atoms with Crippen molar-refractivity contribution in [3.8, 4) is 0 Å². The Kier molecular flexibility index (Phi) is 7.32. The van der Waals surface area contributed by atoms with Gasteiger partial charge in [-0.25, -0.2) is 0 Å². The number of hydrogen-bond donors (Lipinski definition) is 1. The number of ether oxygens (including phenoxy) is 2. The summed E-state index contributed by atoms with van der Waals surface area (Å²) in [4.78, 5) is 0. The van der Waals surface area contributed by atoms with Crippen LogP contribution in [0.3, 0.4) is 0 Å². The lowest BCUT2D eigenvalue weighted by Crippen LogP contribution is -2.35. The van der Waals surface area contributed by atoms with Crippen molar-refractivity contribution in [2.75, 3.05) is 26.4 Å². The van der Waals surface area contributed by atoms with E-state index in [1.54, 1.807) is 0 Å². The van der Waals surface area contributed by atoms with Crippen LogP contribution < -0.4 is 5.32 Å². The van der Waals surface area contributed by atoms with Gasteiger partial charge >= 0.3 is 0 Å². The van der Waals surface area contributed by atoms with Gasteiger partial charge in [0.15, 0.2) is 0 Å². The molecule has 0 spiro atoms. The maximum absolute atomic E-state index is 5.69. The van der Waals surface area contributed by atoms with Crippen LogP contribution in [0.5, 0.6) is 0 Å². The van der Waals surface area contributed by atoms with Gasteiger partial charge in [0.25, 0.3) is 0 Å². The Hall–Kier alpha value is -0.120. The van der Waals surface area contributed by atoms with Gasteiger partial charge in [0, 0.05) is 19.3 Å². The highest BCUT2D eigenvalue weighted by atomic mass is 16.5. The zero-order valence-corrected chi connectivity index (χ0v) is 13.4. The summed E-state index contributed by atoms with van der Waals surface area (Å²) in [6, 6.07) is 0.753. The molecule has 1 saturated heterocycles. The molecule has 0 aromatic carbocycles. The molecule has 0 aromatic rings. The van der Waals surface area contributed by atoms with Gasteiger partial charge in [-0.3, -0.25) is 0 Å². The minimum absolute atomic E-state index is 0.370. The monoisotopic (exact) mass is 283 g/mol. The normalized spacial score (nSPS) is 31.1. The van der Waals surface area contributed by atoms with Crippen LogP contribution in [-0.4, -0.2) is 38.5 Å². The topological polar surface area (TPSA) is 30.5 Å². The molecule has 1 unspecified atom stereocenters. The molecule has 20 heavy (non-hydrogen) atoms. The zero-order chi connectivity index (χ0) is 14.2. The summed E-state index contributed by atoms with van der Waals surface area (Å²) in [5.41, 5.74) is 0. The second-order valence-electron chi connectivity index (χ2n) is 6.87. The van der Waals surface area contributed by atoms with Gasteiger partial charge in [0.05, 0.1) is 12.7 Å². The van der Waals surface area contributed by atoms with Gasteiger partial charge in [-0.1, -0.05) is 13.8 Å². The van der Waals surface area contributed by atoms with E-state index in [0.29, 0.717) is 6.10 Å². The van der Waals surface area contributed by atoms with Gasteiger partial charge in [0.2, 0.25) is 0 Å². The lowest BCUT2D eigenvalue weighted by molar-refractivity contribution is 0.0164. The summed E-state index contributed by atoms with van der Waals surface area (Å²) >= 11 is 0. The smallest absolute Gasteiger partial charge is 0.0809 e. The third-order valence-corrected chi connectivity index (χ3v) is 4.94. The van der Waals surface area contributed by atoms with Gasteiger partial charge in [0.1, 0.15) is 0 Å². The summed E-state index contributed by atoms with van der Waals surface area (Å²) in [7, 11) is 0. The van der Waals surface area contributed by atoms with Crippen LogP contribution in [0, 0.1) is 11.8 Å². The molecular formula is C17H33NO2. The molecule has 1 heterocycles. The summed E-state index contributed by atoms with van der Waals surface area (Å²) < 4.78 is 11.2. The standard InChI is InChI=1S/C17H33NO2/c1-14(2)15-6-8-16(9-7-15)18-10-4-11-19-13-17-5-3-12-20-17/h14-18H,3-13H2,1-2H3. The maximum atomic E-state index is 5.69. The molecule has 3 nitrogen and oxygen atoms in total. The van der Waals surface area contributed by atoms with Gasteiger partial charge in [-0.2, -0.15) is 0 Å². The molecular weight excluding hydrogens is 250 g/mol. The summed E-state index contributed by atoms with van der Waals surface area (Å²) in [6.45, 7) is 8.42. The largest absolute Gasteiger partial charge is 0.379 e. The summed E-state index contributed by atoms with van der Waals surface area (Å²) in [6.07, 6.45) is 9.41. The minimum Gasteiger partial charge on any atom is -0.379 e. The molecule has 1 N–H and O–H groups in total. The van der Waals surface area contributed by atoms with Crippen LogP contribution in [0.25, 0.3) is 0 Å². The highest BCUT2D eigenvalue weighted by Gasteiger charge is 2.22. The number of rotatable bonds is 8. The van der Waals surface area contributed by atoms with Crippen LogP contribution in [0.15, 0.2) is 0 Å². The SMILES string of the molecule is CC(C)C1CCC(NCCCOCC2CCCO2)CC1. The number of hydrogen-bond acceptors (Lipinski definition) is 3. The first kappa shape index (κ1) is 16.3. The van der Waals surface area contributed by atoms with Crippen molar-refractivity contribution >= 4 is 0 Å². The van der Waals surface area contributed by atoms with Crippen LogP contribution in [0.4, 0.5) is 0 Å². The van der Waals surface area contributed by atoms with Crippen LogP contribution in [0.2, 0.25) is 0 Å². The van der Waals surface area contributed by atoms with E-state index in [9.17, 15) is 0 Å². The van der Waals surface area contributed by atoms with E-state index in [4.69, 9.17) is 9.47 Å². The predicted octanol–water partition coefficient (Wildman–Crippen LogP) is 3.38. The van der Waals surface area contributed by atoms with E-state index in [-0.39, 0.29) is 0 Å². The molecule has 2 rings (SSSR count). The molecule has 1 atom stereocenters. The van der Waals surface area contributed by atoms with Crippen molar-refractivity contribution in [3.05, 3.63) is 0 Å². The Morgan fingerprint density at radius 1 is 1.15 bits per heavy atom. The fourth-order valence-corrected chi connectivity index (χ4v) is 3.46. The third kappa shape index (κ3) is 5.71. The molecule has 118 valence electrons. The summed E-state index contributed by atoms with van der Waals surface area (Å²) in [5, 5.41) is 3.70. The molecule has 0 radical (unpaired) electrons. The van der Waals surface area contributed by atoms with Crippen LogP contribution in [-0.2, 0) is 9.47 Å². The van der Waals surface area contributed by atoms with Crippen molar-refractivity contribution in [2.45, 2.75) is 70.9 Å². The quantitative estimate of drug-likeness (QED) is 0.693. The molecule has 2 fully saturated rings. The van der Waals surface area contributed by atoms with Crippen molar-refractivity contribution in [3.63, 3.8) is 0 Å². The van der Waals surface area contributed by atoms with Crippen molar-refractivity contribution in [1.82, 2.24) is 5.32 Å². The first-order chi connectivity index (χ1) is 9.75. The Balaban J connectivity index is 1.41. The van der Waals surface area contributed by atoms with E-state index in [1.807, 2.05) is 0 Å². The van der Waals surface area contributed by atoms with E-state index in [2.05, 4.69) is 19.2 Å². The fourth-order valence-electron chi connectivity index (χ4n) is 3.46. The Bertz CT molecular complexity index is 243. The van der Waals surface area contributed by atoms with Gasteiger partial charge in [-0.15, -0.1) is 0 Å². The lowest BCUT2D eigenvalue weighted by atomic mass is 9.80. The molecule has 0 amide bonds. The second kappa shape index (κ2) is 9.01. The van der Waals surface area contributed by atoms with Crippen LogP contribution >= 0.6 is 0 Å². The molecule has 2 aliphatic rings.